The Morgan fingerprint density at radius 2 is 1.81 bits per heavy atom. The van der Waals surface area contributed by atoms with Gasteiger partial charge in [-0.25, -0.2) is 2.85 Å². The first-order valence-corrected chi connectivity index (χ1v) is 12.4. The quantitative estimate of drug-likeness (QED) is 0.238. The van der Waals surface area contributed by atoms with Crippen molar-refractivity contribution in [1.29, 1.82) is 0 Å². The Labute approximate surface area is 180 Å². The maximum absolute atomic E-state index is 9.45. The van der Waals surface area contributed by atoms with E-state index in [1.165, 1.54) is 5.56 Å². The number of aromatic nitrogens is 2. The van der Waals surface area contributed by atoms with Gasteiger partial charge in [-0.1, -0.05) is 37.1 Å². The fourth-order valence-corrected chi connectivity index (χ4v) is 3.45. The van der Waals surface area contributed by atoms with Crippen LogP contribution in [0.5, 0.6) is 0 Å². The van der Waals surface area contributed by atoms with Gasteiger partial charge in [-0.05, 0) is 55.8 Å². The topological polar surface area (TPSA) is 76.5 Å². The van der Waals surface area contributed by atoms with Crippen LogP contribution in [0.4, 0.5) is 0 Å². The first-order chi connectivity index (χ1) is 13.0. The molecule has 0 aliphatic heterocycles. The van der Waals surface area contributed by atoms with Gasteiger partial charge < -0.3 is 14.7 Å². The van der Waals surface area contributed by atoms with Crippen LogP contribution in [-0.4, -0.2) is 28.2 Å². The van der Waals surface area contributed by atoms with E-state index in [9.17, 15) is 4.89 Å². The predicted molar refractivity (Wildman–Crippen MR) is 120 cm³/mol. The maximum atomic E-state index is 9.45. The van der Waals surface area contributed by atoms with E-state index in [-0.39, 0.29) is 0 Å². The molecule has 0 saturated carbocycles. The van der Waals surface area contributed by atoms with Crippen molar-refractivity contribution < 1.29 is 12.3 Å². The lowest BCUT2D eigenvalue weighted by Crippen LogP contribution is -2.14. The molecule has 2 N–H and O–H groups in total. The molecule has 1 atom stereocenters. The van der Waals surface area contributed by atoms with Crippen molar-refractivity contribution in [3.63, 3.8) is 0 Å². The van der Waals surface area contributed by atoms with E-state index in [1.54, 1.807) is 23.0 Å². The number of halogens is 1. The van der Waals surface area contributed by atoms with E-state index in [1.807, 2.05) is 19.1 Å². The molecule has 6 nitrogen and oxygen atoms in total. The minimum atomic E-state index is -3.00. The van der Waals surface area contributed by atoms with Crippen LogP contribution in [0, 0.1) is 6.92 Å². The molecule has 0 fully saturated rings. The Morgan fingerprint density at radius 1 is 1.07 bits per heavy atom. The van der Waals surface area contributed by atoms with Crippen LogP contribution in [0.3, 0.4) is 0 Å². The number of nitrogens with one attached hydrogen (secondary N) is 1. The van der Waals surface area contributed by atoms with Gasteiger partial charge >= 0.3 is 6.72 Å². The third-order valence-corrected chi connectivity index (χ3v) is 7.59. The predicted octanol–water partition coefficient (Wildman–Crippen LogP) is 4.70. The molecule has 0 radical (unpaired) electrons. The number of hydrogen-bond donors (Lipinski definition) is 2. The highest BCUT2D eigenvalue weighted by molar-refractivity contribution is 14.1. The number of hydrogen-bond acceptors (Lipinski definition) is 6. The zero-order valence-corrected chi connectivity index (χ0v) is 19.2. The minimum absolute atomic E-state index is 0.446. The Morgan fingerprint density at radius 3 is 2.48 bits per heavy atom. The first-order valence-electron chi connectivity index (χ1n) is 8.88. The van der Waals surface area contributed by atoms with E-state index in [4.69, 9.17) is 16.3 Å². The normalized spacial score (nSPS) is 13.4. The number of unbranched alkanes of at least 4 members (excludes halogenated alkanes) is 3. The average molecular weight is 521 g/mol. The fraction of sp³-hybridized carbons (Fsp3) is 0.444. The highest BCUT2D eigenvalue weighted by atomic mass is 127. The molecule has 1 aromatic carbocycles. The van der Waals surface area contributed by atoms with Gasteiger partial charge in [-0.2, -0.15) is 10.2 Å². The largest absolute Gasteiger partial charge is 0.334 e. The zero-order valence-electron chi connectivity index (χ0n) is 15.3. The number of nitrogens with zero attached hydrogens (tertiary/aromatic N) is 2. The summed E-state index contributed by atoms with van der Waals surface area (Å²) in [6, 6.07) is 12.4. The molecule has 0 spiro atoms. The van der Waals surface area contributed by atoms with Gasteiger partial charge in [0.05, 0.1) is 18.0 Å². The molecule has 0 amide bonds. The molecular formula is C18H25IN3O3PS. The van der Waals surface area contributed by atoms with Gasteiger partial charge in [0.1, 0.15) is 23.0 Å². The minimum Gasteiger partial charge on any atom is -0.324 e. The van der Waals surface area contributed by atoms with E-state index < -0.39 is 6.72 Å². The third kappa shape index (κ3) is 9.04. The maximum Gasteiger partial charge on any atom is 0.334 e. The van der Waals surface area contributed by atoms with Crippen LogP contribution >= 0.6 is 29.7 Å². The summed E-state index contributed by atoms with van der Waals surface area (Å²) in [6.45, 7) is 1.20. The number of rotatable bonds is 12. The van der Waals surface area contributed by atoms with Gasteiger partial charge in [-0.15, -0.1) is 0 Å². The van der Waals surface area contributed by atoms with Crippen molar-refractivity contribution in [1.82, 2.24) is 15.5 Å². The molecule has 1 unspecified atom stereocenters. The van der Waals surface area contributed by atoms with Gasteiger partial charge in [-0.3, -0.25) is 0 Å². The monoisotopic (exact) mass is 521 g/mol. The SMILES string of the molecule is Cc1ccc(-c2ccc(CNCCCCCCOP(O)(=S)OI)cc2)nn1. The summed E-state index contributed by atoms with van der Waals surface area (Å²) in [5.41, 5.74) is 4.14. The molecule has 27 heavy (non-hydrogen) atoms. The van der Waals surface area contributed by atoms with Crippen molar-refractivity contribution >= 4 is 41.5 Å². The molecule has 9 heteroatoms. The van der Waals surface area contributed by atoms with Gasteiger partial charge in [0.2, 0.25) is 0 Å². The summed E-state index contributed by atoms with van der Waals surface area (Å²) in [4.78, 5) is 9.45. The average Bonchev–Trinajstić information content (AvgIpc) is 2.68. The van der Waals surface area contributed by atoms with E-state index in [0.29, 0.717) is 6.61 Å². The van der Waals surface area contributed by atoms with Crippen molar-refractivity contribution in [2.75, 3.05) is 13.2 Å². The second-order valence-electron chi connectivity index (χ2n) is 6.22. The van der Waals surface area contributed by atoms with Crippen molar-refractivity contribution in [3.05, 3.63) is 47.7 Å². The Bertz CT molecular complexity index is 732. The summed E-state index contributed by atoms with van der Waals surface area (Å²) in [7, 11) is 0. The van der Waals surface area contributed by atoms with Crippen molar-refractivity contribution in [2.24, 2.45) is 0 Å². The Hall–Kier alpha value is -0.480. The summed E-state index contributed by atoms with van der Waals surface area (Å²) in [5, 5.41) is 11.8. The molecule has 0 aliphatic rings. The van der Waals surface area contributed by atoms with Crippen LogP contribution < -0.4 is 5.32 Å². The summed E-state index contributed by atoms with van der Waals surface area (Å²) < 4.78 is 9.83. The van der Waals surface area contributed by atoms with Gasteiger partial charge in [0.25, 0.3) is 0 Å². The molecule has 0 aliphatic carbocycles. The molecule has 1 aromatic heterocycles. The summed E-state index contributed by atoms with van der Waals surface area (Å²) in [6.07, 6.45) is 4.14. The lowest BCUT2D eigenvalue weighted by molar-refractivity contribution is 0.264. The zero-order chi connectivity index (χ0) is 19.5. The molecule has 2 rings (SSSR count). The number of aryl methyl sites for hydroxylation is 1. The van der Waals surface area contributed by atoms with E-state index >= 15 is 0 Å². The molecule has 148 valence electrons. The fourth-order valence-electron chi connectivity index (χ4n) is 2.48. The van der Waals surface area contributed by atoms with Crippen LogP contribution in [0.25, 0.3) is 11.3 Å². The van der Waals surface area contributed by atoms with Crippen LogP contribution in [0.1, 0.15) is 36.9 Å². The van der Waals surface area contributed by atoms with Crippen molar-refractivity contribution in [3.8, 4) is 11.3 Å². The van der Waals surface area contributed by atoms with Crippen LogP contribution in [0.2, 0.25) is 0 Å². The highest BCUT2D eigenvalue weighted by Crippen LogP contribution is 2.46. The molecule has 1 heterocycles. The van der Waals surface area contributed by atoms with Crippen LogP contribution in [0.15, 0.2) is 36.4 Å². The van der Waals surface area contributed by atoms with Crippen molar-refractivity contribution in [2.45, 2.75) is 39.2 Å². The van der Waals surface area contributed by atoms with E-state index in [2.05, 4.69) is 42.6 Å². The lowest BCUT2D eigenvalue weighted by atomic mass is 10.1. The second-order valence-corrected chi connectivity index (χ2v) is 10.1. The van der Waals surface area contributed by atoms with Gasteiger partial charge in [0, 0.05) is 12.1 Å². The Kier molecular flexibility index (Phi) is 10.3. The number of benzene rings is 1. The third-order valence-electron chi connectivity index (χ3n) is 3.97. The standard InChI is InChI=1S/C18H25IN3O3PS/c1-15-6-11-18(22-21-15)17-9-7-16(8-10-17)14-20-12-4-2-3-5-13-24-26(23,27)25-19/h6-11,20H,2-5,12-14H2,1H3,(H,23,27). The van der Waals surface area contributed by atoms with E-state index in [0.717, 1.165) is 55.7 Å². The second kappa shape index (κ2) is 12.2. The summed E-state index contributed by atoms with van der Waals surface area (Å²) >= 11 is 6.35. The first kappa shape index (κ1) is 22.8. The lowest BCUT2D eigenvalue weighted by Gasteiger charge is -2.11. The summed E-state index contributed by atoms with van der Waals surface area (Å²) in [5.74, 6) is 0. The Balaban J connectivity index is 1.57. The van der Waals surface area contributed by atoms with Gasteiger partial charge in [0.15, 0.2) is 0 Å². The smallest absolute Gasteiger partial charge is 0.324 e. The molecule has 2 aromatic rings. The molecular weight excluding hydrogens is 496 g/mol. The van der Waals surface area contributed by atoms with Crippen LogP contribution in [-0.2, 0) is 25.7 Å². The highest BCUT2D eigenvalue weighted by Gasteiger charge is 2.12. The molecule has 0 saturated heterocycles. The molecule has 0 bridgehead atoms.